The lowest BCUT2D eigenvalue weighted by Gasteiger charge is -2.30. The predicted molar refractivity (Wildman–Crippen MR) is 114 cm³/mol. The summed E-state index contributed by atoms with van der Waals surface area (Å²) in [6.07, 6.45) is -0.824. The number of carbonyl (C=O) groups is 1. The highest BCUT2D eigenvalue weighted by atomic mass is 19.1. The molecule has 1 aliphatic rings. The smallest absolute Gasteiger partial charge is 0.411 e. The van der Waals surface area contributed by atoms with Crippen molar-refractivity contribution in [3.63, 3.8) is 0 Å². The Labute approximate surface area is 182 Å². The average molecular weight is 440 g/mol. The largest absolute Gasteiger partial charge is 0.465 e. The number of pyridine rings is 1. The number of nitrogens with zero attached hydrogens (tertiary/aromatic N) is 4. The van der Waals surface area contributed by atoms with E-state index in [9.17, 15) is 14.3 Å². The van der Waals surface area contributed by atoms with Gasteiger partial charge in [0.2, 0.25) is 0 Å². The molecule has 0 saturated carbocycles. The quantitative estimate of drug-likeness (QED) is 0.185. The van der Waals surface area contributed by atoms with Crippen LogP contribution in [0.1, 0.15) is 11.1 Å². The van der Waals surface area contributed by atoms with Gasteiger partial charge in [-0.05, 0) is 18.2 Å². The molecule has 1 aliphatic heterocycles. The molecule has 13 heteroatoms. The molecule has 0 bridgehead atoms. The number of rotatable bonds is 8. The normalized spacial score (nSPS) is 15.3. The second-order valence-electron chi connectivity index (χ2n) is 6.60. The lowest BCUT2D eigenvalue weighted by Crippen LogP contribution is -2.53. The maximum absolute atomic E-state index is 13.9. The minimum absolute atomic E-state index is 0.00753. The highest BCUT2D eigenvalue weighted by Crippen LogP contribution is 2.19. The standard InChI is InChI=1S/C19H21FN10O2/c1-30(19(31)32)14-15(22)26-17(27-18(14)28-29-23)13(21)11-6-4-8-24-16(11)25-9-10-5-2-3-7-12(10)20/h2-8,15,21H,9,22H2,1H3,(H2,23,28)(H,24,25)(H,26,27)(H,31,32). The van der Waals surface area contributed by atoms with Crippen LogP contribution in [0.15, 0.2) is 64.3 Å². The van der Waals surface area contributed by atoms with Gasteiger partial charge in [0.05, 0.1) is 0 Å². The number of amides is 1. The van der Waals surface area contributed by atoms with Crippen molar-refractivity contribution in [3.05, 3.63) is 71.1 Å². The van der Waals surface area contributed by atoms with Crippen LogP contribution in [0.3, 0.4) is 0 Å². The highest BCUT2D eigenvalue weighted by Gasteiger charge is 2.30. The molecule has 0 spiro atoms. The molecule has 3 rings (SSSR count). The topological polar surface area (TPSA) is 188 Å². The summed E-state index contributed by atoms with van der Waals surface area (Å²) in [6.45, 7) is 0.140. The second kappa shape index (κ2) is 9.61. The number of hydrogen-bond donors (Lipinski definition) is 7. The minimum Gasteiger partial charge on any atom is -0.465 e. The molecule has 0 aliphatic carbocycles. The molecule has 1 unspecified atom stereocenters. The SMILES string of the molecule is CN(C(=O)O)C1=C(NN=N)N=C(C(=N)c2cccnc2NCc2ccccc2F)NC1N. The molecule has 166 valence electrons. The summed E-state index contributed by atoms with van der Waals surface area (Å²) < 4.78 is 13.9. The summed E-state index contributed by atoms with van der Waals surface area (Å²) in [5.41, 5.74) is 16.1. The van der Waals surface area contributed by atoms with Crippen molar-refractivity contribution < 1.29 is 14.3 Å². The molecule has 8 N–H and O–H groups in total. The van der Waals surface area contributed by atoms with E-state index in [1.165, 1.54) is 19.3 Å². The Hall–Kier alpha value is -4.39. The zero-order valence-corrected chi connectivity index (χ0v) is 16.9. The number of nitrogens with one attached hydrogen (secondary N) is 5. The Kier molecular flexibility index (Phi) is 6.70. The molecule has 2 heterocycles. The van der Waals surface area contributed by atoms with Crippen LogP contribution < -0.4 is 21.8 Å². The van der Waals surface area contributed by atoms with Crippen LogP contribution in [0, 0.1) is 16.8 Å². The third kappa shape index (κ3) is 4.67. The van der Waals surface area contributed by atoms with Crippen LogP contribution in [0.2, 0.25) is 0 Å². The monoisotopic (exact) mass is 440 g/mol. The van der Waals surface area contributed by atoms with Gasteiger partial charge in [0.15, 0.2) is 11.7 Å². The van der Waals surface area contributed by atoms with Gasteiger partial charge in [-0.15, -0.1) is 0 Å². The number of benzene rings is 1. The average Bonchev–Trinajstić information content (AvgIpc) is 2.78. The zero-order valence-electron chi connectivity index (χ0n) is 16.9. The maximum atomic E-state index is 13.9. The lowest BCUT2D eigenvalue weighted by atomic mass is 10.1. The molecular formula is C19H21FN10O2. The van der Waals surface area contributed by atoms with E-state index in [1.54, 1.807) is 30.3 Å². The summed E-state index contributed by atoms with van der Waals surface area (Å²) in [6, 6.07) is 9.54. The van der Waals surface area contributed by atoms with Crippen molar-refractivity contribution in [3.8, 4) is 0 Å². The van der Waals surface area contributed by atoms with Crippen LogP contribution in [0.5, 0.6) is 0 Å². The van der Waals surface area contributed by atoms with E-state index in [0.29, 0.717) is 16.9 Å². The highest BCUT2D eigenvalue weighted by molar-refractivity contribution is 6.47. The van der Waals surface area contributed by atoms with Crippen molar-refractivity contribution >= 4 is 23.5 Å². The predicted octanol–water partition coefficient (Wildman–Crippen LogP) is 1.80. The number of carboxylic acid groups (broad SMARTS) is 1. The number of aliphatic imine (C=N–C) groups is 1. The number of halogens is 1. The van der Waals surface area contributed by atoms with E-state index in [0.717, 1.165) is 4.90 Å². The first-order valence-electron chi connectivity index (χ1n) is 9.29. The van der Waals surface area contributed by atoms with Crippen molar-refractivity contribution in [2.75, 3.05) is 12.4 Å². The van der Waals surface area contributed by atoms with Crippen LogP contribution >= 0.6 is 0 Å². The van der Waals surface area contributed by atoms with Gasteiger partial charge in [-0.1, -0.05) is 23.4 Å². The summed E-state index contributed by atoms with van der Waals surface area (Å²) >= 11 is 0. The number of nitrogens with two attached hydrogens (primary N) is 1. The second-order valence-corrected chi connectivity index (χ2v) is 6.60. The third-order valence-corrected chi connectivity index (χ3v) is 4.58. The molecule has 1 atom stereocenters. The van der Waals surface area contributed by atoms with Crippen LogP contribution in [-0.4, -0.2) is 45.8 Å². The van der Waals surface area contributed by atoms with E-state index in [2.05, 4.69) is 31.3 Å². The molecule has 1 amide bonds. The molecule has 0 fully saturated rings. The van der Waals surface area contributed by atoms with Gasteiger partial charge in [-0.3, -0.25) is 10.3 Å². The van der Waals surface area contributed by atoms with E-state index >= 15 is 0 Å². The summed E-state index contributed by atoms with van der Waals surface area (Å²) in [7, 11) is 1.27. The minimum atomic E-state index is -1.29. The first-order valence-corrected chi connectivity index (χ1v) is 9.29. The molecule has 12 nitrogen and oxygen atoms in total. The number of hydrogen-bond acceptors (Lipinski definition) is 9. The van der Waals surface area contributed by atoms with Crippen molar-refractivity contribution in [2.24, 2.45) is 15.9 Å². The maximum Gasteiger partial charge on any atom is 0.411 e. The molecule has 2 aromatic rings. The van der Waals surface area contributed by atoms with Gasteiger partial charge in [-0.25, -0.2) is 24.6 Å². The Morgan fingerprint density at radius 1 is 1.38 bits per heavy atom. The zero-order chi connectivity index (χ0) is 23.3. The molecule has 0 saturated heterocycles. The third-order valence-electron chi connectivity index (χ3n) is 4.58. The van der Waals surface area contributed by atoms with Crippen molar-refractivity contribution in [1.82, 2.24) is 20.6 Å². The van der Waals surface area contributed by atoms with E-state index in [-0.39, 0.29) is 35.4 Å². The number of amidine groups is 1. The fourth-order valence-electron chi connectivity index (χ4n) is 2.99. The summed E-state index contributed by atoms with van der Waals surface area (Å²) in [4.78, 5) is 20.6. The number of likely N-dealkylation sites (N-methyl/N-ethyl adjacent to an activating group) is 1. The number of aromatic nitrogens is 1. The molecule has 1 aromatic carbocycles. The van der Waals surface area contributed by atoms with Gasteiger partial charge in [-0.2, -0.15) is 5.53 Å². The van der Waals surface area contributed by atoms with Crippen molar-refractivity contribution in [2.45, 2.75) is 12.7 Å². The van der Waals surface area contributed by atoms with Crippen molar-refractivity contribution in [1.29, 1.82) is 10.9 Å². The van der Waals surface area contributed by atoms with Crippen LogP contribution in [-0.2, 0) is 6.54 Å². The van der Waals surface area contributed by atoms with E-state index in [1.807, 2.05) is 0 Å². The Morgan fingerprint density at radius 2 is 2.12 bits per heavy atom. The Morgan fingerprint density at radius 3 is 2.81 bits per heavy atom. The van der Waals surface area contributed by atoms with Crippen LogP contribution in [0.25, 0.3) is 0 Å². The Balaban J connectivity index is 1.92. The van der Waals surface area contributed by atoms with Gasteiger partial charge < -0.3 is 21.5 Å². The van der Waals surface area contributed by atoms with Gasteiger partial charge >= 0.3 is 6.09 Å². The van der Waals surface area contributed by atoms with Gasteiger partial charge in [0.25, 0.3) is 0 Å². The first-order chi connectivity index (χ1) is 15.3. The van der Waals surface area contributed by atoms with Gasteiger partial charge in [0.1, 0.15) is 29.2 Å². The van der Waals surface area contributed by atoms with E-state index < -0.39 is 12.3 Å². The molecule has 32 heavy (non-hydrogen) atoms. The fraction of sp³-hybridized carbons (Fsp3) is 0.158. The molecular weight excluding hydrogens is 419 g/mol. The summed E-state index contributed by atoms with van der Waals surface area (Å²) in [5, 5.41) is 26.7. The number of anilines is 1. The van der Waals surface area contributed by atoms with E-state index in [4.69, 9.17) is 16.7 Å². The fourth-order valence-corrected chi connectivity index (χ4v) is 2.99. The van der Waals surface area contributed by atoms with Gasteiger partial charge in [0, 0.05) is 30.9 Å². The first kappa shape index (κ1) is 22.3. The lowest BCUT2D eigenvalue weighted by molar-refractivity contribution is 0.163. The van der Waals surface area contributed by atoms with Crippen LogP contribution in [0.4, 0.5) is 15.0 Å². The molecule has 0 radical (unpaired) electrons. The molecule has 1 aromatic heterocycles. The Bertz CT molecular complexity index is 1120. The summed E-state index contributed by atoms with van der Waals surface area (Å²) in [5.74, 6) is -0.142.